The van der Waals surface area contributed by atoms with Gasteiger partial charge < -0.3 is 0 Å². The van der Waals surface area contributed by atoms with Crippen LogP contribution in [0.4, 0.5) is 0 Å². The molecule has 0 amide bonds. The fourth-order valence-electron chi connectivity index (χ4n) is 2.68. The van der Waals surface area contributed by atoms with Gasteiger partial charge in [0, 0.05) is 12.3 Å². The van der Waals surface area contributed by atoms with E-state index in [0.29, 0.717) is 11.7 Å². The average Bonchev–Trinajstić information content (AvgIpc) is 2.38. The maximum absolute atomic E-state index is 12.0. The van der Waals surface area contributed by atoms with Crippen molar-refractivity contribution < 1.29 is 4.79 Å². The number of Topliss-reactive ketones (excluding diaryl/α,β-unsaturated/α-hetero) is 1. The summed E-state index contributed by atoms with van der Waals surface area (Å²) in [5.74, 6) is 0.864. The molecule has 0 heterocycles. The van der Waals surface area contributed by atoms with E-state index in [-0.39, 0.29) is 5.92 Å². The van der Waals surface area contributed by atoms with Crippen LogP contribution in [0.5, 0.6) is 0 Å². The van der Waals surface area contributed by atoms with Gasteiger partial charge in [-0.2, -0.15) is 0 Å². The fourth-order valence-corrected chi connectivity index (χ4v) is 2.68. The van der Waals surface area contributed by atoms with Gasteiger partial charge in [-0.05, 0) is 29.9 Å². The Hall–Kier alpha value is -1.37. The van der Waals surface area contributed by atoms with Gasteiger partial charge in [0.2, 0.25) is 0 Å². The van der Waals surface area contributed by atoms with E-state index in [1.54, 1.807) is 0 Å². The molecule has 1 aliphatic rings. The van der Waals surface area contributed by atoms with Crippen molar-refractivity contribution in [1.29, 1.82) is 0 Å². The van der Waals surface area contributed by atoms with Crippen molar-refractivity contribution in [3.8, 4) is 0 Å². The number of rotatable bonds is 3. The number of benzene rings is 1. The van der Waals surface area contributed by atoms with E-state index < -0.39 is 0 Å². The van der Waals surface area contributed by atoms with Gasteiger partial charge in [-0.3, -0.25) is 4.79 Å². The molecule has 0 aliphatic heterocycles. The highest BCUT2D eigenvalue weighted by Crippen LogP contribution is 2.34. The average molecular weight is 228 g/mol. The van der Waals surface area contributed by atoms with Gasteiger partial charge >= 0.3 is 0 Å². The molecule has 1 aromatic rings. The minimum atomic E-state index is 0.127. The van der Waals surface area contributed by atoms with Crippen LogP contribution in [0.15, 0.2) is 36.9 Å². The minimum absolute atomic E-state index is 0.127. The molecule has 0 spiro atoms. The van der Waals surface area contributed by atoms with Crippen LogP contribution in [-0.4, -0.2) is 5.78 Å². The standard InChI is InChI=1S/C16H20O/c1-3-12(2)13-8-4-5-9-14(13)15-10-6-7-11-16(15)17/h3-5,8-9,12,15H,1,6-7,10-11H2,2H3. The van der Waals surface area contributed by atoms with Crippen molar-refractivity contribution in [3.05, 3.63) is 48.0 Å². The van der Waals surface area contributed by atoms with Crippen LogP contribution in [0.3, 0.4) is 0 Å². The molecule has 0 radical (unpaired) electrons. The Morgan fingerprint density at radius 3 is 2.82 bits per heavy atom. The van der Waals surface area contributed by atoms with Gasteiger partial charge in [0.25, 0.3) is 0 Å². The van der Waals surface area contributed by atoms with E-state index in [1.165, 1.54) is 17.5 Å². The zero-order valence-electron chi connectivity index (χ0n) is 10.5. The van der Waals surface area contributed by atoms with Crippen LogP contribution in [0.2, 0.25) is 0 Å². The zero-order valence-corrected chi connectivity index (χ0v) is 10.5. The highest BCUT2D eigenvalue weighted by atomic mass is 16.1. The molecular formula is C16H20O. The first kappa shape index (κ1) is 12.1. The van der Waals surface area contributed by atoms with Gasteiger partial charge in [0.05, 0.1) is 0 Å². The van der Waals surface area contributed by atoms with Gasteiger partial charge in [-0.25, -0.2) is 0 Å². The van der Waals surface area contributed by atoms with Crippen LogP contribution in [0, 0.1) is 0 Å². The molecule has 1 fully saturated rings. The maximum Gasteiger partial charge on any atom is 0.140 e. The maximum atomic E-state index is 12.0. The summed E-state index contributed by atoms with van der Waals surface area (Å²) in [6, 6.07) is 8.33. The third-order valence-electron chi connectivity index (χ3n) is 3.77. The van der Waals surface area contributed by atoms with Gasteiger partial charge in [-0.15, -0.1) is 6.58 Å². The van der Waals surface area contributed by atoms with Crippen molar-refractivity contribution in [2.45, 2.75) is 44.4 Å². The van der Waals surface area contributed by atoms with Gasteiger partial charge in [0.15, 0.2) is 0 Å². The summed E-state index contributed by atoms with van der Waals surface area (Å²) in [5.41, 5.74) is 2.49. The van der Waals surface area contributed by atoms with Gasteiger partial charge in [-0.1, -0.05) is 43.7 Å². The van der Waals surface area contributed by atoms with Crippen molar-refractivity contribution in [1.82, 2.24) is 0 Å². The number of carbonyl (C=O) groups excluding carboxylic acids is 1. The summed E-state index contributed by atoms with van der Waals surface area (Å²) in [7, 11) is 0. The lowest BCUT2D eigenvalue weighted by Gasteiger charge is -2.24. The molecule has 90 valence electrons. The number of allylic oxidation sites excluding steroid dienone is 1. The Bertz CT molecular complexity index is 419. The monoisotopic (exact) mass is 228 g/mol. The van der Waals surface area contributed by atoms with E-state index >= 15 is 0 Å². The first-order valence-electron chi connectivity index (χ1n) is 6.48. The Morgan fingerprint density at radius 1 is 1.35 bits per heavy atom. The lowest BCUT2D eigenvalue weighted by molar-refractivity contribution is -0.121. The van der Waals surface area contributed by atoms with Crippen molar-refractivity contribution in [2.75, 3.05) is 0 Å². The van der Waals surface area contributed by atoms with E-state index in [4.69, 9.17) is 0 Å². The fraction of sp³-hybridized carbons (Fsp3) is 0.438. The number of hydrogen-bond acceptors (Lipinski definition) is 1. The third kappa shape index (κ3) is 2.49. The molecule has 0 bridgehead atoms. The lowest BCUT2D eigenvalue weighted by atomic mass is 9.79. The van der Waals surface area contributed by atoms with Crippen LogP contribution < -0.4 is 0 Å². The highest BCUT2D eigenvalue weighted by molar-refractivity contribution is 5.86. The SMILES string of the molecule is C=CC(C)c1ccccc1C1CCCCC1=O. The van der Waals surface area contributed by atoms with Crippen LogP contribution in [-0.2, 0) is 4.79 Å². The number of ketones is 1. The van der Waals surface area contributed by atoms with Crippen molar-refractivity contribution in [3.63, 3.8) is 0 Å². The largest absolute Gasteiger partial charge is 0.299 e. The summed E-state index contributed by atoms with van der Waals surface area (Å²) in [5, 5.41) is 0. The molecule has 1 aromatic carbocycles. The lowest BCUT2D eigenvalue weighted by Crippen LogP contribution is -2.18. The first-order chi connectivity index (χ1) is 8.24. The molecule has 17 heavy (non-hydrogen) atoms. The molecule has 0 aromatic heterocycles. The second-order valence-corrected chi connectivity index (χ2v) is 4.92. The molecule has 1 saturated carbocycles. The molecule has 1 heteroatoms. The summed E-state index contributed by atoms with van der Waals surface area (Å²) < 4.78 is 0. The highest BCUT2D eigenvalue weighted by Gasteiger charge is 2.26. The van der Waals surface area contributed by atoms with E-state index in [1.807, 2.05) is 18.2 Å². The van der Waals surface area contributed by atoms with E-state index in [0.717, 1.165) is 19.3 Å². The Morgan fingerprint density at radius 2 is 2.12 bits per heavy atom. The molecule has 0 saturated heterocycles. The third-order valence-corrected chi connectivity index (χ3v) is 3.77. The number of carbonyl (C=O) groups is 1. The molecule has 0 N–H and O–H groups in total. The smallest absolute Gasteiger partial charge is 0.140 e. The predicted octanol–water partition coefficient (Wildman–Crippen LogP) is 4.20. The molecular weight excluding hydrogens is 208 g/mol. The molecule has 2 atom stereocenters. The van der Waals surface area contributed by atoms with Crippen molar-refractivity contribution in [2.24, 2.45) is 0 Å². The Kier molecular flexibility index (Phi) is 3.78. The summed E-state index contributed by atoms with van der Waals surface area (Å²) >= 11 is 0. The Balaban J connectivity index is 2.36. The number of hydrogen-bond donors (Lipinski definition) is 0. The normalized spacial score (nSPS) is 22.2. The summed E-state index contributed by atoms with van der Waals surface area (Å²) in [4.78, 5) is 12.0. The van der Waals surface area contributed by atoms with Crippen molar-refractivity contribution >= 4 is 5.78 Å². The van der Waals surface area contributed by atoms with Crippen LogP contribution >= 0.6 is 0 Å². The van der Waals surface area contributed by atoms with Crippen LogP contribution in [0.1, 0.15) is 55.6 Å². The van der Waals surface area contributed by atoms with Crippen LogP contribution in [0.25, 0.3) is 0 Å². The quantitative estimate of drug-likeness (QED) is 0.708. The Labute approximate surface area is 104 Å². The first-order valence-corrected chi connectivity index (χ1v) is 6.48. The summed E-state index contributed by atoms with van der Waals surface area (Å²) in [6.07, 6.45) is 5.95. The van der Waals surface area contributed by atoms with E-state index in [9.17, 15) is 4.79 Å². The second kappa shape index (κ2) is 5.31. The summed E-state index contributed by atoms with van der Waals surface area (Å²) in [6.45, 7) is 6.00. The molecule has 1 nitrogen and oxygen atoms in total. The molecule has 1 aliphatic carbocycles. The second-order valence-electron chi connectivity index (χ2n) is 4.92. The topological polar surface area (TPSA) is 17.1 Å². The van der Waals surface area contributed by atoms with E-state index in [2.05, 4.69) is 25.6 Å². The predicted molar refractivity (Wildman–Crippen MR) is 71.3 cm³/mol. The molecule has 2 unspecified atom stereocenters. The van der Waals surface area contributed by atoms with Gasteiger partial charge in [0.1, 0.15) is 5.78 Å². The minimum Gasteiger partial charge on any atom is -0.299 e. The zero-order chi connectivity index (χ0) is 12.3. The molecule has 2 rings (SSSR count).